The smallest absolute Gasteiger partial charge is 0.310 e. The molecule has 1 fully saturated rings. The zero-order valence-corrected chi connectivity index (χ0v) is 22.1. The standard InChI is InChI=1S/C30H33N3O5/c1-4-36-30(34)22-9-7-13-33(19-22)14-15-37-29-18-25-23(17-28(29)35-3)26(11-12-31-25)38-27-16-21-8-5-6-10-24(21)32-20(27)2/h5-6,8,10-12,16-18,22H,4,7,9,13-15,19H2,1-3H3. The van der Waals surface area contributed by atoms with Gasteiger partial charge in [-0.1, -0.05) is 18.2 Å². The van der Waals surface area contributed by atoms with E-state index in [2.05, 4.69) is 14.9 Å². The van der Waals surface area contributed by atoms with Gasteiger partial charge in [0.15, 0.2) is 11.5 Å². The van der Waals surface area contributed by atoms with Crippen molar-refractivity contribution in [3.05, 3.63) is 60.4 Å². The molecule has 2 aromatic carbocycles. The lowest BCUT2D eigenvalue weighted by atomic mass is 9.98. The average Bonchev–Trinajstić information content (AvgIpc) is 2.93. The van der Waals surface area contributed by atoms with Crippen molar-refractivity contribution in [1.82, 2.24) is 14.9 Å². The quantitative estimate of drug-likeness (QED) is 0.269. The van der Waals surface area contributed by atoms with Gasteiger partial charge in [0.1, 0.15) is 18.1 Å². The van der Waals surface area contributed by atoms with E-state index in [9.17, 15) is 4.79 Å². The number of ether oxygens (including phenoxy) is 4. The van der Waals surface area contributed by atoms with Gasteiger partial charge in [0, 0.05) is 36.1 Å². The van der Waals surface area contributed by atoms with Crippen LogP contribution in [0.3, 0.4) is 0 Å². The van der Waals surface area contributed by atoms with Gasteiger partial charge in [-0.25, -0.2) is 4.98 Å². The van der Waals surface area contributed by atoms with Crippen molar-refractivity contribution in [2.24, 2.45) is 5.92 Å². The second-order valence-electron chi connectivity index (χ2n) is 9.44. The van der Waals surface area contributed by atoms with E-state index in [0.29, 0.717) is 49.3 Å². The third-order valence-corrected chi connectivity index (χ3v) is 6.87. The highest BCUT2D eigenvalue weighted by Crippen LogP contribution is 2.38. The summed E-state index contributed by atoms with van der Waals surface area (Å²) in [4.78, 5) is 23.6. The zero-order valence-electron chi connectivity index (χ0n) is 22.1. The van der Waals surface area contributed by atoms with Gasteiger partial charge >= 0.3 is 5.97 Å². The van der Waals surface area contributed by atoms with Gasteiger partial charge in [-0.3, -0.25) is 14.7 Å². The summed E-state index contributed by atoms with van der Waals surface area (Å²) in [6, 6.07) is 15.6. The van der Waals surface area contributed by atoms with Crippen molar-refractivity contribution in [1.29, 1.82) is 0 Å². The monoisotopic (exact) mass is 515 g/mol. The summed E-state index contributed by atoms with van der Waals surface area (Å²) >= 11 is 0. The number of benzene rings is 2. The molecular formula is C30H33N3O5. The molecule has 38 heavy (non-hydrogen) atoms. The van der Waals surface area contributed by atoms with Gasteiger partial charge in [-0.05, 0) is 57.5 Å². The second kappa shape index (κ2) is 11.6. The van der Waals surface area contributed by atoms with Crippen molar-refractivity contribution in [2.45, 2.75) is 26.7 Å². The zero-order chi connectivity index (χ0) is 26.5. The Morgan fingerprint density at radius 3 is 2.76 bits per heavy atom. The van der Waals surface area contributed by atoms with E-state index in [0.717, 1.165) is 46.9 Å². The number of para-hydroxylation sites is 1. The van der Waals surface area contributed by atoms with E-state index in [1.807, 2.05) is 62.4 Å². The largest absolute Gasteiger partial charge is 0.493 e. The number of carbonyl (C=O) groups excluding carboxylic acids is 1. The molecule has 5 rings (SSSR count). The Kier molecular flexibility index (Phi) is 7.89. The van der Waals surface area contributed by atoms with Crippen LogP contribution in [-0.2, 0) is 9.53 Å². The molecule has 0 bridgehead atoms. The average molecular weight is 516 g/mol. The molecule has 0 spiro atoms. The Bertz CT molecular complexity index is 1440. The first kappa shape index (κ1) is 25.7. The van der Waals surface area contributed by atoms with Crippen LogP contribution in [0.25, 0.3) is 21.8 Å². The molecule has 1 unspecified atom stereocenters. The van der Waals surface area contributed by atoms with Crippen LogP contribution in [0.4, 0.5) is 0 Å². The minimum absolute atomic E-state index is 0.0667. The lowest BCUT2D eigenvalue weighted by Crippen LogP contribution is -2.41. The highest BCUT2D eigenvalue weighted by atomic mass is 16.5. The summed E-state index contributed by atoms with van der Waals surface area (Å²) < 4.78 is 23.3. The minimum atomic E-state index is -0.104. The van der Waals surface area contributed by atoms with Gasteiger partial charge in [0.2, 0.25) is 0 Å². The third-order valence-electron chi connectivity index (χ3n) is 6.87. The van der Waals surface area contributed by atoms with Crippen LogP contribution < -0.4 is 14.2 Å². The molecule has 0 aliphatic carbocycles. The molecule has 1 aliphatic heterocycles. The van der Waals surface area contributed by atoms with Crippen molar-refractivity contribution < 1.29 is 23.7 Å². The van der Waals surface area contributed by atoms with Crippen LogP contribution in [0.2, 0.25) is 0 Å². The van der Waals surface area contributed by atoms with E-state index < -0.39 is 0 Å². The Morgan fingerprint density at radius 1 is 1.05 bits per heavy atom. The number of aryl methyl sites for hydroxylation is 1. The van der Waals surface area contributed by atoms with Crippen LogP contribution in [-0.4, -0.2) is 60.8 Å². The second-order valence-corrected chi connectivity index (χ2v) is 9.44. The molecule has 8 heteroatoms. The number of nitrogens with zero attached hydrogens (tertiary/aromatic N) is 3. The summed E-state index contributed by atoms with van der Waals surface area (Å²) in [6.07, 6.45) is 3.57. The normalized spacial score (nSPS) is 15.9. The summed E-state index contributed by atoms with van der Waals surface area (Å²) in [5, 5.41) is 1.83. The predicted molar refractivity (Wildman–Crippen MR) is 146 cm³/mol. The molecule has 4 aromatic rings. The molecule has 3 heterocycles. The summed E-state index contributed by atoms with van der Waals surface area (Å²) in [7, 11) is 1.62. The van der Waals surface area contributed by atoms with Crippen LogP contribution in [0.15, 0.2) is 54.7 Å². The maximum Gasteiger partial charge on any atom is 0.310 e. The van der Waals surface area contributed by atoms with Crippen molar-refractivity contribution in [2.75, 3.05) is 40.0 Å². The van der Waals surface area contributed by atoms with Crippen molar-refractivity contribution >= 4 is 27.8 Å². The fourth-order valence-corrected chi connectivity index (χ4v) is 4.90. The molecule has 8 nitrogen and oxygen atoms in total. The number of esters is 1. The molecule has 0 radical (unpaired) electrons. The van der Waals surface area contributed by atoms with E-state index >= 15 is 0 Å². The maximum atomic E-state index is 12.1. The van der Waals surface area contributed by atoms with E-state index in [1.54, 1.807) is 13.3 Å². The first-order valence-electron chi connectivity index (χ1n) is 13.1. The first-order chi connectivity index (χ1) is 18.6. The van der Waals surface area contributed by atoms with Gasteiger partial charge in [-0.15, -0.1) is 0 Å². The Hall–Kier alpha value is -3.91. The van der Waals surface area contributed by atoms with Crippen LogP contribution in [0, 0.1) is 12.8 Å². The topological polar surface area (TPSA) is 83.0 Å². The lowest BCUT2D eigenvalue weighted by Gasteiger charge is -2.31. The number of methoxy groups -OCH3 is 1. The molecule has 1 aliphatic rings. The van der Waals surface area contributed by atoms with E-state index in [-0.39, 0.29) is 11.9 Å². The van der Waals surface area contributed by atoms with Crippen molar-refractivity contribution in [3.8, 4) is 23.0 Å². The SMILES string of the molecule is CCOC(=O)C1CCCN(CCOc2cc3nccc(Oc4cc5ccccc5nc4C)c3cc2OC)C1. The third kappa shape index (κ3) is 5.65. The maximum absolute atomic E-state index is 12.1. The van der Waals surface area contributed by atoms with Crippen LogP contribution in [0.1, 0.15) is 25.5 Å². The molecule has 198 valence electrons. The number of rotatable bonds is 9. The number of carbonyl (C=O) groups is 1. The first-order valence-corrected chi connectivity index (χ1v) is 13.1. The minimum Gasteiger partial charge on any atom is -0.493 e. The highest BCUT2D eigenvalue weighted by molar-refractivity contribution is 5.88. The van der Waals surface area contributed by atoms with Gasteiger partial charge in [0.05, 0.1) is 36.4 Å². The Balaban J connectivity index is 1.31. The fourth-order valence-electron chi connectivity index (χ4n) is 4.90. The van der Waals surface area contributed by atoms with E-state index in [1.165, 1.54) is 0 Å². The molecule has 0 N–H and O–H groups in total. The number of fused-ring (bicyclic) bond motifs is 2. The number of piperidine rings is 1. The highest BCUT2D eigenvalue weighted by Gasteiger charge is 2.26. The summed E-state index contributed by atoms with van der Waals surface area (Å²) in [6.45, 7) is 7.02. The molecule has 1 saturated heterocycles. The fraction of sp³-hybridized carbons (Fsp3) is 0.367. The molecule has 1 atom stereocenters. The van der Waals surface area contributed by atoms with Gasteiger partial charge < -0.3 is 18.9 Å². The number of likely N-dealkylation sites (tertiary alicyclic amines) is 1. The number of hydrogen-bond donors (Lipinski definition) is 0. The molecule has 0 saturated carbocycles. The van der Waals surface area contributed by atoms with Crippen LogP contribution >= 0.6 is 0 Å². The number of pyridine rings is 2. The number of hydrogen-bond acceptors (Lipinski definition) is 8. The van der Waals surface area contributed by atoms with Crippen LogP contribution in [0.5, 0.6) is 23.0 Å². The number of aromatic nitrogens is 2. The lowest BCUT2D eigenvalue weighted by molar-refractivity contribution is -0.150. The molecule has 0 amide bonds. The van der Waals surface area contributed by atoms with Gasteiger partial charge in [-0.2, -0.15) is 0 Å². The van der Waals surface area contributed by atoms with E-state index in [4.69, 9.17) is 18.9 Å². The Morgan fingerprint density at radius 2 is 1.92 bits per heavy atom. The van der Waals surface area contributed by atoms with Crippen molar-refractivity contribution in [3.63, 3.8) is 0 Å². The summed E-state index contributed by atoms with van der Waals surface area (Å²) in [5.74, 6) is 2.41. The molecule has 2 aromatic heterocycles. The summed E-state index contributed by atoms with van der Waals surface area (Å²) in [5.41, 5.74) is 2.48. The predicted octanol–water partition coefficient (Wildman–Crippen LogP) is 5.55. The molecular weight excluding hydrogens is 482 g/mol. The Labute approximate surface area is 222 Å². The van der Waals surface area contributed by atoms with Gasteiger partial charge in [0.25, 0.3) is 0 Å².